The monoisotopic (exact) mass is 213 g/mol. The lowest BCUT2D eigenvalue weighted by atomic mass is 9.83. The second kappa shape index (κ2) is 9.21. The summed E-state index contributed by atoms with van der Waals surface area (Å²) in [7, 11) is 2.07. The second-order valence-electron chi connectivity index (χ2n) is 5.21. The summed E-state index contributed by atoms with van der Waals surface area (Å²) in [4.78, 5) is 0. The minimum atomic E-state index is 0.813. The zero-order chi connectivity index (χ0) is 11.7. The highest BCUT2D eigenvalue weighted by Gasteiger charge is 2.17. The Kier molecular flexibility index (Phi) is 9.18. The van der Waals surface area contributed by atoms with Crippen LogP contribution in [0.4, 0.5) is 0 Å². The van der Waals surface area contributed by atoms with Crippen LogP contribution in [-0.4, -0.2) is 13.6 Å². The zero-order valence-electron chi connectivity index (χ0n) is 11.5. The smallest absolute Gasteiger partial charge is 0.00210 e. The zero-order valence-corrected chi connectivity index (χ0v) is 11.5. The van der Waals surface area contributed by atoms with E-state index in [1.165, 1.54) is 38.6 Å². The van der Waals surface area contributed by atoms with Crippen LogP contribution in [0, 0.1) is 17.8 Å². The van der Waals surface area contributed by atoms with Crippen LogP contribution in [0.2, 0.25) is 0 Å². The molecular weight excluding hydrogens is 182 g/mol. The van der Waals surface area contributed by atoms with Gasteiger partial charge in [0.15, 0.2) is 0 Å². The normalized spacial score (nSPS) is 15.6. The Morgan fingerprint density at radius 3 is 2.20 bits per heavy atom. The highest BCUT2D eigenvalue weighted by atomic mass is 14.8. The Morgan fingerprint density at radius 2 is 1.80 bits per heavy atom. The first-order valence-corrected chi connectivity index (χ1v) is 6.80. The van der Waals surface area contributed by atoms with Crippen molar-refractivity contribution in [3.63, 3.8) is 0 Å². The van der Waals surface area contributed by atoms with E-state index in [1.54, 1.807) is 0 Å². The Hall–Kier alpha value is -0.0400. The largest absolute Gasteiger partial charge is 0.319 e. The average molecular weight is 213 g/mol. The van der Waals surface area contributed by atoms with Crippen LogP contribution in [0.1, 0.15) is 59.8 Å². The van der Waals surface area contributed by atoms with Crippen LogP contribution in [0.3, 0.4) is 0 Å². The summed E-state index contributed by atoms with van der Waals surface area (Å²) in [6, 6.07) is 0. The molecule has 15 heavy (non-hydrogen) atoms. The molecule has 0 bridgehead atoms. The molecule has 0 saturated heterocycles. The molecule has 0 aliphatic heterocycles. The fourth-order valence-electron chi connectivity index (χ4n) is 2.26. The van der Waals surface area contributed by atoms with E-state index >= 15 is 0 Å². The molecule has 0 spiro atoms. The molecule has 92 valence electrons. The fraction of sp³-hybridized carbons (Fsp3) is 1.00. The van der Waals surface area contributed by atoms with Gasteiger partial charge in [0, 0.05) is 0 Å². The SMILES string of the molecule is CCCCC(CC)CC(CNC)C(C)C. The molecule has 0 heterocycles. The molecule has 1 N–H and O–H groups in total. The number of unbranched alkanes of at least 4 members (excludes halogenated alkanes) is 1. The lowest BCUT2D eigenvalue weighted by molar-refractivity contribution is 0.273. The van der Waals surface area contributed by atoms with Gasteiger partial charge in [-0.3, -0.25) is 0 Å². The minimum absolute atomic E-state index is 0.813. The second-order valence-corrected chi connectivity index (χ2v) is 5.21. The van der Waals surface area contributed by atoms with Crippen LogP contribution >= 0.6 is 0 Å². The lowest BCUT2D eigenvalue weighted by Gasteiger charge is -2.25. The molecule has 1 heteroatoms. The van der Waals surface area contributed by atoms with Crippen LogP contribution in [0.25, 0.3) is 0 Å². The summed E-state index contributed by atoms with van der Waals surface area (Å²) in [5, 5.41) is 3.33. The van der Waals surface area contributed by atoms with Crippen LogP contribution < -0.4 is 5.32 Å². The number of hydrogen-bond acceptors (Lipinski definition) is 1. The van der Waals surface area contributed by atoms with Gasteiger partial charge in [0.1, 0.15) is 0 Å². The fourth-order valence-corrected chi connectivity index (χ4v) is 2.26. The van der Waals surface area contributed by atoms with Gasteiger partial charge < -0.3 is 5.32 Å². The predicted molar refractivity (Wildman–Crippen MR) is 70.2 cm³/mol. The van der Waals surface area contributed by atoms with E-state index in [0.29, 0.717) is 0 Å². The molecule has 0 aromatic carbocycles. The summed E-state index contributed by atoms with van der Waals surface area (Å²) in [6.07, 6.45) is 6.94. The molecule has 0 aromatic heterocycles. The molecule has 0 aromatic rings. The predicted octanol–water partition coefficient (Wildman–Crippen LogP) is 4.08. The molecule has 0 fully saturated rings. The Labute approximate surface area is 97.0 Å². The molecule has 0 aliphatic rings. The van der Waals surface area contributed by atoms with E-state index in [1.807, 2.05) is 0 Å². The van der Waals surface area contributed by atoms with Crippen LogP contribution in [0.5, 0.6) is 0 Å². The molecule has 2 unspecified atom stereocenters. The number of hydrogen-bond donors (Lipinski definition) is 1. The van der Waals surface area contributed by atoms with Crippen molar-refractivity contribution in [1.29, 1.82) is 0 Å². The lowest BCUT2D eigenvalue weighted by Crippen LogP contribution is -2.25. The number of nitrogens with one attached hydrogen (secondary N) is 1. The van der Waals surface area contributed by atoms with Crippen molar-refractivity contribution in [2.45, 2.75) is 59.8 Å². The van der Waals surface area contributed by atoms with Gasteiger partial charge in [0.2, 0.25) is 0 Å². The minimum Gasteiger partial charge on any atom is -0.319 e. The van der Waals surface area contributed by atoms with Crippen molar-refractivity contribution < 1.29 is 0 Å². The third-order valence-electron chi connectivity index (χ3n) is 3.59. The first-order valence-electron chi connectivity index (χ1n) is 6.80. The summed E-state index contributed by atoms with van der Waals surface area (Å²) < 4.78 is 0. The van der Waals surface area contributed by atoms with Gasteiger partial charge in [0.25, 0.3) is 0 Å². The average Bonchev–Trinajstić information content (AvgIpc) is 2.22. The topological polar surface area (TPSA) is 12.0 Å². The Bertz CT molecular complexity index is 131. The molecule has 0 rings (SSSR count). The molecule has 0 amide bonds. The van der Waals surface area contributed by atoms with Gasteiger partial charge in [-0.2, -0.15) is 0 Å². The highest BCUT2D eigenvalue weighted by molar-refractivity contribution is 4.70. The maximum atomic E-state index is 3.33. The van der Waals surface area contributed by atoms with Gasteiger partial charge in [-0.25, -0.2) is 0 Å². The quantitative estimate of drug-likeness (QED) is 0.608. The summed E-state index contributed by atoms with van der Waals surface area (Å²) >= 11 is 0. The molecule has 0 radical (unpaired) electrons. The first kappa shape index (κ1) is 15.0. The Morgan fingerprint density at radius 1 is 1.13 bits per heavy atom. The molecule has 0 aliphatic carbocycles. The summed E-state index contributed by atoms with van der Waals surface area (Å²) in [6.45, 7) is 10.5. The van der Waals surface area contributed by atoms with Gasteiger partial charge >= 0.3 is 0 Å². The number of rotatable bonds is 9. The van der Waals surface area contributed by atoms with Gasteiger partial charge in [-0.1, -0.05) is 53.4 Å². The highest BCUT2D eigenvalue weighted by Crippen LogP contribution is 2.25. The van der Waals surface area contributed by atoms with E-state index in [-0.39, 0.29) is 0 Å². The molecule has 0 saturated carbocycles. The van der Waals surface area contributed by atoms with E-state index in [2.05, 4.69) is 40.1 Å². The van der Waals surface area contributed by atoms with Crippen molar-refractivity contribution in [3.8, 4) is 0 Å². The van der Waals surface area contributed by atoms with Gasteiger partial charge in [-0.05, 0) is 37.8 Å². The van der Waals surface area contributed by atoms with Gasteiger partial charge in [-0.15, -0.1) is 0 Å². The van der Waals surface area contributed by atoms with E-state index in [9.17, 15) is 0 Å². The van der Waals surface area contributed by atoms with Crippen molar-refractivity contribution in [2.24, 2.45) is 17.8 Å². The maximum absolute atomic E-state index is 3.33. The Balaban J connectivity index is 3.97. The van der Waals surface area contributed by atoms with E-state index in [0.717, 1.165) is 17.8 Å². The molecular formula is C14H31N. The molecule has 1 nitrogen and oxygen atoms in total. The van der Waals surface area contributed by atoms with E-state index in [4.69, 9.17) is 0 Å². The standard InChI is InChI=1S/C14H31N/c1-6-8-9-13(7-2)10-14(11-15-5)12(3)4/h12-15H,6-11H2,1-5H3. The summed E-state index contributed by atoms with van der Waals surface area (Å²) in [5.74, 6) is 2.62. The van der Waals surface area contributed by atoms with Crippen molar-refractivity contribution in [2.75, 3.05) is 13.6 Å². The van der Waals surface area contributed by atoms with Crippen molar-refractivity contribution in [1.82, 2.24) is 5.32 Å². The van der Waals surface area contributed by atoms with Crippen molar-refractivity contribution >= 4 is 0 Å². The third kappa shape index (κ3) is 6.94. The third-order valence-corrected chi connectivity index (χ3v) is 3.59. The van der Waals surface area contributed by atoms with Gasteiger partial charge in [0.05, 0.1) is 0 Å². The van der Waals surface area contributed by atoms with Crippen LogP contribution in [-0.2, 0) is 0 Å². The molecule has 2 atom stereocenters. The summed E-state index contributed by atoms with van der Waals surface area (Å²) in [5.41, 5.74) is 0. The van der Waals surface area contributed by atoms with E-state index < -0.39 is 0 Å². The first-order chi connectivity index (χ1) is 7.15. The maximum Gasteiger partial charge on any atom is -0.00210 e. The van der Waals surface area contributed by atoms with Crippen LogP contribution in [0.15, 0.2) is 0 Å². The van der Waals surface area contributed by atoms with Crippen molar-refractivity contribution in [3.05, 3.63) is 0 Å².